The van der Waals surface area contributed by atoms with Crippen molar-refractivity contribution < 1.29 is 14.7 Å². The molecule has 2 aromatic carbocycles. The molecule has 5 nitrogen and oxygen atoms in total. The number of benzene rings is 2. The van der Waals surface area contributed by atoms with Gasteiger partial charge in [0.25, 0.3) is 11.7 Å². The number of ketones is 1. The quantitative estimate of drug-likeness (QED) is 0.410. The molecule has 3 aromatic rings. The Labute approximate surface area is 166 Å². The highest BCUT2D eigenvalue weighted by Gasteiger charge is 2.46. The zero-order chi connectivity index (χ0) is 19.7. The number of hydrogen-bond donors (Lipinski definition) is 1. The van der Waals surface area contributed by atoms with E-state index in [-0.39, 0.29) is 11.3 Å². The number of anilines is 1. The fourth-order valence-corrected chi connectivity index (χ4v) is 3.43. The van der Waals surface area contributed by atoms with E-state index in [1.807, 2.05) is 6.07 Å². The van der Waals surface area contributed by atoms with Gasteiger partial charge in [-0.3, -0.25) is 19.5 Å². The van der Waals surface area contributed by atoms with Crippen molar-refractivity contribution in [1.82, 2.24) is 4.98 Å². The third-order valence-electron chi connectivity index (χ3n) is 4.60. The molecule has 1 saturated heterocycles. The number of Topliss-reactive ketones (excluding diaryl/α,β-unsaturated/α-hetero) is 1. The van der Waals surface area contributed by atoms with Crippen LogP contribution in [0.15, 0.2) is 84.7 Å². The summed E-state index contributed by atoms with van der Waals surface area (Å²) < 4.78 is 0. The molecular weight excluding hydrogens is 376 g/mol. The maximum absolute atomic E-state index is 12.9. The molecule has 0 aliphatic carbocycles. The highest BCUT2D eigenvalue weighted by Crippen LogP contribution is 2.41. The number of pyridine rings is 1. The molecule has 1 aromatic heterocycles. The topological polar surface area (TPSA) is 70.5 Å². The van der Waals surface area contributed by atoms with Gasteiger partial charge < -0.3 is 5.11 Å². The van der Waals surface area contributed by atoms with Crippen LogP contribution in [-0.4, -0.2) is 21.8 Å². The Hall–Kier alpha value is -3.44. The molecule has 138 valence electrons. The van der Waals surface area contributed by atoms with Crippen molar-refractivity contribution in [3.63, 3.8) is 0 Å². The van der Waals surface area contributed by atoms with Crippen LogP contribution in [0.5, 0.6) is 0 Å². The van der Waals surface area contributed by atoms with Gasteiger partial charge in [-0.25, -0.2) is 0 Å². The van der Waals surface area contributed by atoms with E-state index in [0.29, 0.717) is 21.8 Å². The Kier molecular flexibility index (Phi) is 4.67. The predicted octanol–water partition coefficient (Wildman–Crippen LogP) is 4.36. The van der Waals surface area contributed by atoms with E-state index < -0.39 is 17.7 Å². The Morgan fingerprint density at radius 1 is 0.964 bits per heavy atom. The largest absolute Gasteiger partial charge is 0.507 e. The number of rotatable bonds is 3. The van der Waals surface area contributed by atoms with Gasteiger partial charge in [0, 0.05) is 28.7 Å². The summed E-state index contributed by atoms with van der Waals surface area (Å²) >= 11 is 5.92. The van der Waals surface area contributed by atoms with E-state index in [1.165, 1.54) is 4.90 Å². The van der Waals surface area contributed by atoms with Crippen LogP contribution in [-0.2, 0) is 9.59 Å². The summed E-state index contributed by atoms with van der Waals surface area (Å²) in [6.07, 6.45) is 3.19. The van der Waals surface area contributed by atoms with E-state index in [0.717, 1.165) is 0 Å². The van der Waals surface area contributed by atoms with Gasteiger partial charge >= 0.3 is 0 Å². The molecule has 1 fully saturated rings. The van der Waals surface area contributed by atoms with E-state index >= 15 is 0 Å². The molecule has 1 amide bonds. The number of hydrogen-bond acceptors (Lipinski definition) is 4. The Balaban J connectivity index is 1.94. The van der Waals surface area contributed by atoms with Crippen LogP contribution in [0.1, 0.15) is 17.2 Å². The first-order valence-electron chi connectivity index (χ1n) is 8.60. The maximum Gasteiger partial charge on any atom is 0.300 e. The number of aromatic nitrogens is 1. The van der Waals surface area contributed by atoms with Crippen molar-refractivity contribution in [2.24, 2.45) is 0 Å². The smallest absolute Gasteiger partial charge is 0.300 e. The van der Waals surface area contributed by atoms with Gasteiger partial charge in [-0.05, 0) is 48.0 Å². The van der Waals surface area contributed by atoms with Crippen LogP contribution >= 0.6 is 11.6 Å². The molecule has 2 heterocycles. The average molecular weight is 391 g/mol. The summed E-state index contributed by atoms with van der Waals surface area (Å²) in [7, 11) is 0. The van der Waals surface area contributed by atoms with Crippen molar-refractivity contribution in [2.75, 3.05) is 4.90 Å². The lowest BCUT2D eigenvalue weighted by molar-refractivity contribution is -0.132. The number of aliphatic hydroxyl groups excluding tert-OH is 1. The third kappa shape index (κ3) is 3.06. The van der Waals surface area contributed by atoms with E-state index in [9.17, 15) is 14.7 Å². The van der Waals surface area contributed by atoms with Crippen LogP contribution in [0, 0.1) is 0 Å². The number of nitrogens with zero attached hydrogens (tertiary/aromatic N) is 2. The normalized spacial score (nSPS) is 18.5. The minimum absolute atomic E-state index is 0.0178. The monoisotopic (exact) mass is 390 g/mol. The summed E-state index contributed by atoms with van der Waals surface area (Å²) in [5.41, 5.74) is 1.61. The lowest BCUT2D eigenvalue weighted by Crippen LogP contribution is -2.29. The highest BCUT2D eigenvalue weighted by atomic mass is 35.5. The standard InChI is InChI=1S/C22H15ClN2O3/c23-16-10-8-14(9-11-16)20(26)18-19(15-5-4-12-24-13-15)25(22(28)21(18)27)17-6-2-1-3-7-17/h1-13,19,26H/b20-18-. The molecule has 6 heteroatoms. The summed E-state index contributed by atoms with van der Waals surface area (Å²) in [5.74, 6) is -1.69. The summed E-state index contributed by atoms with van der Waals surface area (Å²) in [6.45, 7) is 0. The first-order chi connectivity index (χ1) is 13.6. The Bertz CT molecular complexity index is 1060. The van der Waals surface area contributed by atoms with Crippen LogP contribution in [0.2, 0.25) is 5.02 Å². The van der Waals surface area contributed by atoms with E-state index in [4.69, 9.17) is 11.6 Å². The second kappa shape index (κ2) is 7.29. The lowest BCUT2D eigenvalue weighted by Gasteiger charge is -2.25. The Morgan fingerprint density at radius 3 is 2.32 bits per heavy atom. The van der Waals surface area contributed by atoms with Gasteiger partial charge in [0.15, 0.2) is 0 Å². The van der Waals surface area contributed by atoms with Crippen molar-refractivity contribution in [3.8, 4) is 0 Å². The van der Waals surface area contributed by atoms with Gasteiger partial charge in [0.1, 0.15) is 5.76 Å². The van der Waals surface area contributed by atoms with Gasteiger partial charge in [0.2, 0.25) is 0 Å². The highest BCUT2D eigenvalue weighted by molar-refractivity contribution is 6.51. The number of amides is 1. The SMILES string of the molecule is O=C1C(=O)N(c2ccccc2)C(c2cccnc2)/C1=C(/O)c1ccc(Cl)cc1. The predicted molar refractivity (Wildman–Crippen MR) is 107 cm³/mol. The molecule has 0 spiro atoms. The van der Waals surface area contributed by atoms with Crippen LogP contribution in [0.3, 0.4) is 0 Å². The molecule has 1 unspecified atom stereocenters. The molecule has 1 aliphatic heterocycles. The van der Waals surface area contributed by atoms with Crippen LogP contribution in [0.25, 0.3) is 5.76 Å². The van der Waals surface area contributed by atoms with E-state index in [1.54, 1.807) is 73.1 Å². The Morgan fingerprint density at radius 2 is 1.68 bits per heavy atom. The van der Waals surface area contributed by atoms with Crippen molar-refractivity contribution in [1.29, 1.82) is 0 Å². The molecule has 4 rings (SSSR count). The van der Waals surface area contributed by atoms with Crippen molar-refractivity contribution in [2.45, 2.75) is 6.04 Å². The number of carbonyl (C=O) groups is 2. The number of carbonyl (C=O) groups excluding carboxylic acids is 2. The second-order valence-corrected chi connectivity index (χ2v) is 6.73. The maximum atomic E-state index is 12.9. The zero-order valence-corrected chi connectivity index (χ0v) is 15.4. The van der Waals surface area contributed by atoms with E-state index in [2.05, 4.69) is 4.98 Å². The molecule has 1 atom stereocenters. The number of halogens is 1. The molecular formula is C22H15ClN2O3. The molecule has 0 saturated carbocycles. The second-order valence-electron chi connectivity index (χ2n) is 6.30. The molecule has 0 bridgehead atoms. The van der Waals surface area contributed by atoms with Gasteiger partial charge in [-0.2, -0.15) is 0 Å². The third-order valence-corrected chi connectivity index (χ3v) is 4.85. The minimum atomic E-state index is -0.785. The molecule has 1 N–H and O–H groups in total. The van der Waals surface area contributed by atoms with Crippen LogP contribution in [0.4, 0.5) is 5.69 Å². The lowest BCUT2D eigenvalue weighted by atomic mass is 9.96. The number of para-hydroxylation sites is 1. The van der Waals surface area contributed by atoms with Gasteiger partial charge in [-0.1, -0.05) is 35.9 Å². The first kappa shape index (κ1) is 17.9. The first-order valence-corrected chi connectivity index (χ1v) is 8.97. The molecule has 0 radical (unpaired) electrons. The fourth-order valence-electron chi connectivity index (χ4n) is 3.30. The fraction of sp³-hybridized carbons (Fsp3) is 0.0455. The number of aliphatic hydroxyl groups is 1. The summed E-state index contributed by atoms with van der Waals surface area (Å²) in [6, 6.07) is 18.0. The molecule has 1 aliphatic rings. The van der Waals surface area contributed by atoms with Gasteiger partial charge in [0.05, 0.1) is 11.6 Å². The van der Waals surface area contributed by atoms with Crippen molar-refractivity contribution >= 4 is 34.7 Å². The average Bonchev–Trinajstić information content (AvgIpc) is 3.00. The summed E-state index contributed by atoms with van der Waals surface area (Å²) in [5, 5.41) is 11.4. The minimum Gasteiger partial charge on any atom is -0.507 e. The zero-order valence-electron chi connectivity index (χ0n) is 14.6. The van der Waals surface area contributed by atoms with Gasteiger partial charge in [-0.15, -0.1) is 0 Å². The van der Waals surface area contributed by atoms with Crippen molar-refractivity contribution in [3.05, 3.63) is 101 Å². The van der Waals surface area contributed by atoms with Crippen LogP contribution < -0.4 is 4.90 Å². The molecule has 28 heavy (non-hydrogen) atoms. The summed E-state index contributed by atoms with van der Waals surface area (Å²) in [4.78, 5) is 31.3.